The van der Waals surface area contributed by atoms with Crippen LogP contribution in [-0.4, -0.2) is 39.1 Å². The fourth-order valence-corrected chi connectivity index (χ4v) is 4.80. The fraction of sp³-hybridized carbons (Fsp3) is 0.409. The lowest BCUT2D eigenvalue weighted by atomic mass is 9.93. The number of piperidine rings is 1. The number of nitrogens with zero attached hydrogens (tertiary/aromatic N) is 2. The second-order valence-electron chi connectivity index (χ2n) is 7.59. The van der Waals surface area contributed by atoms with Crippen LogP contribution < -0.4 is 0 Å². The second kappa shape index (κ2) is 8.63. The van der Waals surface area contributed by atoms with Crippen LogP contribution in [0.15, 0.2) is 46.9 Å². The summed E-state index contributed by atoms with van der Waals surface area (Å²) in [4.78, 5) is 31.1. The summed E-state index contributed by atoms with van der Waals surface area (Å²) in [5.74, 6) is -0.241. The zero-order valence-electron chi connectivity index (χ0n) is 16.2. The third-order valence-corrected chi connectivity index (χ3v) is 6.54. The number of rotatable bonds is 6. The van der Waals surface area contributed by atoms with Gasteiger partial charge in [-0.15, -0.1) is 0 Å². The molecule has 1 aliphatic heterocycles. The van der Waals surface area contributed by atoms with E-state index >= 15 is 0 Å². The average Bonchev–Trinajstić information content (AvgIpc) is 3.42. The molecule has 2 atom stereocenters. The molecule has 0 bridgehead atoms. The summed E-state index contributed by atoms with van der Waals surface area (Å²) in [6.07, 6.45) is 7.28. The Labute approximate surface area is 173 Å². The van der Waals surface area contributed by atoms with E-state index in [0.29, 0.717) is 30.8 Å². The Balaban J connectivity index is 1.66. The van der Waals surface area contributed by atoms with Crippen LogP contribution in [0.3, 0.4) is 0 Å². The van der Waals surface area contributed by atoms with E-state index in [4.69, 9.17) is 4.42 Å². The SMILES string of the molecule is CC(=O)SC1CCN(C(C(=O)C2CC2)c2ccccc2F)C/C1=C/c1cocn1. The third-order valence-electron chi connectivity index (χ3n) is 5.38. The number of hydrogen-bond acceptors (Lipinski definition) is 6. The Morgan fingerprint density at radius 3 is 2.76 bits per heavy atom. The molecule has 2 heterocycles. The van der Waals surface area contributed by atoms with Crippen LogP contribution in [0.25, 0.3) is 6.08 Å². The molecule has 4 rings (SSSR count). The summed E-state index contributed by atoms with van der Waals surface area (Å²) in [6, 6.07) is 5.93. The third kappa shape index (κ3) is 4.67. The first kappa shape index (κ1) is 20.0. The van der Waals surface area contributed by atoms with Gasteiger partial charge < -0.3 is 4.42 Å². The molecule has 0 radical (unpaired) electrons. The second-order valence-corrected chi connectivity index (χ2v) is 8.97. The van der Waals surface area contributed by atoms with Crippen molar-refractivity contribution in [2.45, 2.75) is 37.5 Å². The molecule has 152 valence electrons. The van der Waals surface area contributed by atoms with E-state index in [9.17, 15) is 14.0 Å². The van der Waals surface area contributed by atoms with Gasteiger partial charge >= 0.3 is 0 Å². The highest BCUT2D eigenvalue weighted by Crippen LogP contribution is 2.40. The molecule has 1 saturated carbocycles. The minimum absolute atomic E-state index is 0.0118. The van der Waals surface area contributed by atoms with Crippen molar-refractivity contribution in [2.75, 3.05) is 13.1 Å². The number of likely N-dealkylation sites (tertiary alicyclic amines) is 1. The van der Waals surface area contributed by atoms with Crippen molar-refractivity contribution in [3.63, 3.8) is 0 Å². The lowest BCUT2D eigenvalue weighted by Crippen LogP contribution is -2.43. The van der Waals surface area contributed by atoms with Gasteiger partial charge in [0.1, 0.15) is 17.8 Å². The molecule has 0 amide bonds. The van der Waals surface area contributed by atoms with Crippen LogP contribution >= 0.6 is 11.8 Å². The minimum Gasteiger partial charge on any atom is -0.451 e. The van der Waals surface area contributed by atoms with Crippen molar-refractivity contribution in [3.05, 3.63) is 59.6 Å². The fourth-order valence-electron chi connectivity index (χ4n) is 3.88. The highest BCUT2D eigenvalue weighted by molar-refractivity contribution is 8.14. The molecule has 2 unspecified atom stereocenters. The van der Waals surface area contributed by atoms with Gasteiger partial charge in [0.25, 0.3) is 0 Å². The molecule has 1 aromatic heterocycles. The lowest BCUT2D eigenvalue weighted by Gasteiger charge is -2.38. The molecule has 2 aliphatic rings. The Morgan fingerprint density at radius 2 is 2.10 bits per heavy atom. The lowest BCUT2D eigenvalue weighted by molar-refractivity contribution is -0.126. The number of ketones is 1. The Bertz CT molecular complexity index is 924. The minimum atomic E-state index is -0.604. The average molecular weight is 415 g/mol. The van der Waals surface area contributed by atoms with Crippen molar-refractivity contribution in [1.29, 1.82) is 0 Å². The van der Waals surface area contributed by atoms with Gasteiger partial charge in [0, 0.05) is 36.7 Å². The molecular formula is C22H23FN2O3S. The van der Waals surface area contributed by atoms with Gasteiger partial charge in [-0.25, -0.2) is 9.37 Å². The normalized spacial score (nSPS) is 22.6. The van der Waals surface area contributed by atoms with E-state index in [1.807, 2.05) is 11.0 Å². The summed E-state index contributed by atoms with van der Waals surface area (Å²) < 4.78 is 19.7. The van der Waals surface area contributed by atoms with E-state index < -0.39 is 6.04 Å². The zero-order valence-corrected chi connectivity index (χ0v) is 17.0. The number of aromatic nitrogens is 1. The first-order valence-corrected chi connectivity index (χ1v) is 10.7. The molecule has 7 heteroatoms. The van der Waals surface area contributed by atoms with Crippen molar-refractivity contribution in [2.24, 2.45) is 5.92 Å². The van der Waals surface area contributed by atoms with Gasteiger partial charge in [-0.3, -0.25) is 14.5 Å². The molecule has 1 aliphatic carbocycles. The predicted octanol–water partition coefficient (Wildman–Crippen LogP) is 4.27. The molecule has 29 heavy (non-hydrogen) atoms. The maximum Gasteiger partial charge on any atom is 0.186 e. The number of Topliss-reactive ketones (excluding diaryl/α,β-unsaturated/α-hetero) is 1. The van der Waals surface area contributed by atoms with Crippen LogP contribution in [0.4, 0.5) is 4.39 Å². The summed E-state index contributed by atoms with van der Waals surface area (Å²) in [5.41, 5.74) is 2.10. The monoisotopic (exact) mass is 414 g/mol. The highest BCUT2D eigenvalue weighted by atomic mass is 32.2. The number of oxazole rings is 1. The molecule has 2 aromatic rings. The van der Waals surface area contributed by atoms with Crippen molar-refractivity contribution in [3.8, 4) is 0 Å². The van der Waals surface area contributed by atoms with E-state index in [2.05, 4.69) is 4.98 Å². The number of hydrogen-bond donors (Lipinski definition) is 0. The van der Waals surface area contributed by atoms with Crippen LogP contribution in [0, 0.1) is 11.7 Å². The van der Waals surface area contributed by atoms with Gasteiger partial charge in [-0.05, 0) is 37.0 Å². The largest absolute Gasteiger partial charge is 0.451 e. The molecule has 2 fully saturated rings. The van der Waals surface area contributed by atoms with Gasteiger partial charge in [0.2, 0.25) is 0 Å². The Hall–Kier alpha value is -2.25. The number of thioether (sulfide) groups is 1. The van der Waals surface area contributed by atoms with E-state index in [1.165, 1.54) is 24.2 Å². The predicted molar refractivity (Wildman–Crippen MR) is 110 cm³/mol. The summed E-state index contributed by atoms with van der Waals surface area (Å²) in [7, 11) is 0. The number of halogens is 1. The van der Waals surface area contributed by atoms with Crippen molar-refractivity contribution < 1.29 is 18.4 Å². The maximum absolute atomic E-state index is 14.6. The van der Waals surface area contributed by atoms with E-state index in [1.54, 1.807) is 31.4 Å². The van der Waals surface area contributed by atoms with Gasteiger partial charge in [-0.2, -0.15) is 0 Å². The zero-order chi connectivity index (χ0) is 20.4. The molecule has 1 saturated heterocycles. The first-order valence-electron chi connectivity index (χ1n) is 9.81. The smallest absolute Gasteiger partial charge is 0.186 e. The van der Waals surface area contributed by atoms with Crippen LogP contribution in [0.1, 0.15) is 43.5 Å². The Kier molecular flexibility index (Phi) is 5.96. The molecule has 1 aromatic carbocycles. The topological polar surface area (TPSA) is 63.4 Å². The number of carbonyl (C=O) groups excluding carboxylic acids is 2. The molecule has 0 spiro atoms. The molecule has 5 nitrogen and oxygen atoms in total. The summed E-state index contributed by atoms with van der Waals surface area (Å²) in [5, 5.41) is 0.0620. The van der Waals surface area contributed by atoms with Crippen LogP contribution in [0.2, 0.25) is 0 Å². The van der Waals surface area contributed by atoms with Crippen molar-refractivity contribution >= 4 is 28.7 Å². The summed E-state index contributed by atoms with van der Waals surface area (Å²) in [6.45, 7) is 2.66. The molecular weight excluding hydrogens is 391 g/mol. The van der Waals surface area contributed by atoms with Crippen LogP contribution in [-0.2, 0) is 9.59 Å². The van der Waals surface area contributed by atoms with E-state index in [0.717, 1.165) is 18.4 Å². The van der Waals surface area contributed by atoms with Gasteiger partial charge in [0.05, 0.1) is 6.04 Å². The quantitative estimate of drug-likeness (QED) is 0.703. The first-order chi connectivity index (χ1) is 14.0. The number of carbonyl (C=O) groups is 2. The summed E-state index contributed by atoms with van der Waals surface area (Å²) >= 11 is 1.29. The number of benzene rings is 1. The van der Waals surface area contributed by atoms with Crippen molar-refractivity contribution in [1.82, 2.24) is 9.88 Å². The van der Waals surface area contributed by atoms with E-state index in [-0.39, 0.29) is 27.9 Å². The van der Waals surface area contributed by atoms with Gasteiger partial charge in [-0.1, -0.05) is 30.0 Å². The maximum atomic E-state index is 14.6. The Morgan fingerprint density at radius 1 is 1.31 bits per heavy atom. The standard InChI is InChI=1S/C22H23FN2O3S/c1-14(26)29-20-8-9-25(11-16(20)10-17-12-28-13-24-17)21(22(27)15-6-7-15)18-4-2-3-5-19(18)23/h2-5,10,12-13,15,20-21H,6-9,11H2,1H3/b16-10-. The van der Waals surface area contributed by atoms with Crippen LogP contribution in [0.5, 0.6) is 0 Å². The van der Waals surface area contributed by atoms with Gasteiger partial charge in [0.15, 0.2) is 17.3 Å². The highest BCUT2D eigenvalue weighted by Gasteiger charge is 2.41. The molecule has 0 N–H and O–H groups in total.